The highest BCUT2D eigenvalue weighted by molar-refractivity contribution is 7.91. The molecule has 4 nitrogen and oxygen atoms in total. The molecule has 0 amide bonds. The van der Waals surface area contributed by atoms with Gasteiger partial charge in [0.05, 0.1) is 11.5 Å². The normalized spacial score (nSPS) is 26.2. The van der Waals surface area contributed by atoms with E-state index in [2.05, 4.69) is 10.1 Å². The highest BCUT2D eigenvalue weighted by atomic mass is 32.2. The number of ether oxygens (including phenoxy) is 1. The van der Waals surface area contributed by atoms with Crippen LogP contribution in [-0.4, -0.2) is 32.3 Å². The molecule has 1 fully saturated rings. The highest BCUT2D eigenvalue weighted by Gasteiger charge is 2.32. The van der Waals surface area contributed by atoms with Crippen LogP contribution in [-0.2, 0) is 9.84 Å². The SMILES string of the molecule is CC1CS(=O)(=O)CC(c2ccc(OC(F)(F)F)cc2)N1. The van der Waals surface area contributed by atoms with Gasteiger partial charge in [-0.3, -0.25) is 0 Å². The van der Waals surface area contributed by atoms with Gasteiger partial charge >= 0.3 is 6.36 Å². The molecule has 1 aliphatic heterocycles. The molecule has 112 valence electrons. The predicted octanol–water partition coefficient (Wildman–Crippen LogP) is 2.03. The molecule has 1 aliphatic rings. The molecule has 0 aromatic heterocycles. The summed E-state index contributed by atoms with van der Waals surface area (Å²) in [5.41, 5.74) is 0.620. The largest absolute Gasteiger partial charge is 0.573 e. The highest BCUT2D eigenvalue weighted by Crippen LogP contribution is 2.26. The minimum absolute atomic E-state index is 0.0587. The molecule has 0 saturated carbocycles. The van der Waals surface area contributed by atoms with Crippen molar-refractivity contribution < 1.29 is 26.3 Å². The number of halogens is 3. The molecular weight excluding hydrogens is 295 g/mol. The first-order valence-electron chi connectivity index (χ1n) is 5.97. The van der Waals surface area contributed by atoms with E-state index in [1.807, 2.05) is 0 Å². The molecule has 0 spiro atoms. The summed E-state index contributed by atoms with van der Waals surface area (Å²) in [6, 6.07) is 4.62. The molecule has 0 aliphatic carbocycles. The maximum atomic E-state index is 12.0. The molecule has 0 radical (unpaired) electrons. The van der Waals surface area contributed by atoms with E-state index in [1.54, 1.807) is 6.92 Å². The Balaban J connectivity index is 2.14. The first-order chi connectivity index (χ1) is 9.15. The van der Waals surface area contributed by atoms with Gasteiger partial charge in [0, 0.05) is 12.1 Å². The summed E-state index contributed by atoms with van der Waals surface area (Å²) in [5.74, 6) is -0.316. The van der Waals surface area contributed by atoms with Gasteiger partial charge in [-0.2, -0.15) is 0 Å². The lowest BCUT2D eigenvalue weighted by Gasteiger charge is -2.29. The van der Waals surface area contributed by atoms with Crippen molar-refractivity contribution in [3.8, 4) is 5.75 Å². The second-order valence-electron chi connectivity index (χ2n) is 4.81. The van der Waals surface area contributed by atoms with Crippen LogP contribution >= 0.6 is 0 Å². The third kappa shape index (κ3) is 4.11. The fourth-order valence-corrected chi connectivity index (χ4v) is 4.03. The minimum Gasteiger partial charge on any atom is -0.406 e. The summed E-state index contributed by atoms with van der Waals surface area (Å²) in [6.07, 6.45) is -4.73. The molecular formula is C12H14F3NO3S. The van der Waals surface area contributed by atoms with Gasteiger partial charge < -0.3 is 10.1 Å². The standard InChI is InChI=1S/C12H14F3NO3S/c1-8-6-20(17,18)7-11(16-8)9-2-4-10(5-3-9)19-12(13,14)15/h2-5,8,11,16H,6-7H2,1H3. The van der Waals surface area contributed by atoms with Crippen molar-refractivity contribution in [2.24, 2.45) is 0 Å². The van der Waals surface area contributed by atoms with Crippen molar-refractivity contribution in [2.75, 3.05) is 11.5 Å². The Morgan fingerprint density at radius 1 is 1.20 bits per heavy atom. The third-order valence-electron chi connectivity index (χ3n) is 2.93. The molecule has 1 aromatic carbocycles. The second kappa shape index (κ2) is 5.25. The number of nitrogens with one attached hydrogen (secondary N) is 1. The van der Waals surface area contributed by atoms with Crippen molar-refractivity contribution >= 4 is 9.84 Å². The minimum atomic E-state index is -4.73. The zero-order valence-electron chi connectivity index (χ0n) is 10.6. The van der Waals surface area contributed by atoms with Crippen molar-refractivity contribution in [1.29, 1.82) is 0 Å². The summed E-state index contributed by atoms with van der Waals surface area (Å²) in [7, 11) is -3.14. The van der Waals surface area contributed by atoms with E-state index in [-0.39, 0.29) is 23.3 Å². The Hall–Kier alpha value is -1.28. The van der Waals surface area contributed by atoms with Crippen LogP contribution in [0.5, 0.6) is 5.75 Å². The van der Waals surface area contributed by atoms with Crippen LogP contribution in [0.15, 0.2) is 24.3 Å². The number of sulfone groups is 1. The van der Waals surface area contributed by atoms with Gasteiger partial charge in [0.1, 0.15) is 5.75 Å². The Kier molecular flexibility index (Phi) is 3.97. The molecule has 1 N–H and O–H groups in total. The van der Waals surface area contributed by atoms with Crippen LogP contribution in [0.4, 0.5) is 13.2 Å². The van der Waals surface area contributed by atoms with Gasteiger partial charge in [0.15, 0.2) is 9.84 Å². The van der Waals surface area contributed by atoms with Gasteiger partial charge in [-0.25, -0.2) is 8.42 Å². The summed E-state index contributed by atoms with van der Waals surface area (Å²) >= 11 is 0. The lowest BCUT2D eigenvalue weighted by atomic mass is 10.1. The van der Waals surface area contributed by atoms with Gasteiger partial charge in [-0.05, 0) is 24.6 Å². The van der Waals surface area contributed by atoms with Crippen molar-refractivity contribution in [1.82, 2.24) is 5.32 Å². The van der Waals surface area contributed by atoms with Crippen LogP contribution < -0.4 is 10.1 Å². The topological polar surface area (TPSA) is 55.4 Å². The third-order valence-corrected chi connectivity index (χ3v) is 4.78. The molecule has 2 rings (SSSR count). The van der Waals surface area contributed by atoms with E-state index < -0.39 is 22.2 Å². The quantitative estimate of drug-likeness (QED) is 0.908. The molecule has 1 heterocycles. The number of rotatable bonds is 2. The van der Waals surface area contributed by atoms with Gasteiger partial charge in [-0.1, -0.05) is 12.1 Å². The van der Waals surface area contributed by atoms with E-state index in [0.717, 1.165) is 0 Å². The Bertz CT molecular complexity index is 569. The summed E-state index contributed by atoms with van der Waals surface area (Å²) < 4.78 is 63.2. The van der Waals surface area contributed by atoms with Crippen molar-refractivity contribution in [3.63, 3.8) is 0 Å². The van der Waals surface area contributed by atoms with Crippen molar-refractivity contribution in [2.45, 2.75) is 25.4 Å². The number of hydrogen-bond acceptors (Lipinski definition) is 4. The molecule has 1 aromatic rings. The van der Waals surface area contributed by atoms with E-state index in [9.17, 15) is 21.6 Å². The smallest absolute Gasteiger partial charge is 0.406 e. The Morgan fingerprint density at radius 2 is 1.80 bits per heavy atom. The fraction of sp³-hybridized carbons (Fsp3) is 0.500. The van der Waals surface area contributed by atoms with E-state index in [1.165, 1.54) is 24.3 Å². The molecule has 8 heteroatoms. The zero-order valence-corrected chi connectivity index (χ0v) is 11.5. The Labute approximate surface area is 114 Å². The maximum Gasteiger partial charge on any atom is 0.573 e. The fourth-order valence-electron chi connectivity index (χ4n) is 2.24. The zero-order chi connectivity index (χ0) is 15.0. The number of alkyl halides is 3. The summed E-state index contributed by atoms with van der Waals surface area (Å²) in [5, 5.41) is 3.11. The van der Waals surface area contributed by atoms with Crippen molar-refractivity contribution in [3.05, 3.63) is 29.8 Å². The molecule has 0 bridgehead atoms. The monoisotopic (exact) mass is 309 g/mol. The van der Waals surface area contributed by atoms with Crippen LogP contribution in [0, 0.1) is 0 Å². The molecule has 2 unspecified atom stereocenters. The average Bonchev–Trinajstić information content (AvgIpc) is 2.24. The molecule has 20 heavy (non-hydrogen) atoms. The molecule has 2 atom stereocenters. The summed E-state index contributed by atoms with van der Waals surface area (Å²) in [6.45, 7) is 1.75. The Morgan fingerprint density at radius 3 is 2.30 bits per heavy atom. The van der Waals surface area contributed by atoms with E-state index >= 15 is 0 Å². The summed E-state index contributed by atoms with van der Waals surface area (Å²) in [4.78, 5) is 0. The van der Waals surface area contributed by atoms with Gasteiger partial charge in [0.25, 0.3) is 0 Å². The van der Waals surface area contributed by atoms with Crippen LogP contribution in [0.3, 0.4) is 0 Å². The first kappa shape index (κ1) is 15.1. The number of hydrogen-bond donors (Lipinski definition) is 1. The van der Waals surface area contributed by atoms with Gasteiger partial charge in [-0.15, -0.1) is 13.2 Å². The van der Waals surface area contributed by atoms with Crippen LogP contribution in [0.2, 0.25) is 0 Å². The molecule has 1 saturated heterocycles. The maximum absolute atomic E-state index is 12.0. The van der Waals surface area contributed by atoms with E-state index in [4.69, 9.17) is 0 Å². The lowest BCUT2D eigenvalue weighted by Crippen LogP contribution is -2.45. The van der Waals surface area contributed by atoms with Gasteiger partial charge in [0.2, 0.25) is 0 Å². The second-order valence-corrected chi connectivity index (χ2v) is 6.97. The van der Waals surface area contributed by atoms with Crippen LogP contribution in [0.1, 0.15) is 18.5 Å². The van der Waals surface area contributed by atoms with E-state index in [0.29, 0.717) is 5.56 Å². The first-order valence-corrected chi connectivity index (χ1v) is 7.79. The van der Waals surface area contributed by atoms with Crippen LogP contribution in [0.25, 0.3) is 0 Å². The number of benzene rings is 1. The lowest BCUT2D eigenvalue weighted by molar-refractivity contribution is -0.274. The average molecular weight is 309 g/mol. The predicted molar refractivity (Wildman–Crippen MR) is 67.1 cm³/mol.